The van der Waals surface area contributed by atoms with Crippen LogP contribution in [0.15, 0.2) is 18.2 Å². The molecule has 1 unspecified atom stereocenters. The number of halogens is 2. The molecule has 0 spiro atoms. The number of hydrogen-bond acceptors (Lipinski definition) is 3. The third kappa shape index (κ3) is 2.63. The second kappa shape index (κ2) is 5.16. The van der Waals surface area contributed by atoms with Gasteiger partial charge < -0.3 is 5.73 Å². The van der Waals surface area contributed by atoms with Gasteiger partial charge in [0.25, 0.3) is 5.91 Å². The SMILES string of the molecule is NC(=O)C(C(=O)NO)c1ccc(Cl)c(Cl)c1. The van der Waals surface area contributed by atoms with E-state index in [1.165, 1.54) is 23.7 Å². The molecule has 1 atom stereocenters. The van der Waals surface area contributed by atoms with Crippen molar-refractivity contribution in [2.45, 2.75) is 5.92 Å². The maximum Gasteiger partial charge on any atom is 0.260 e. The Morgan fingerprint density at radius 1 is 1.31 bits per heavy atom. The molecular formula is C9H8Cl2N2O3. The van der Waals surface area contributed by atoms with Gasteiger partial charge in [-0.15, -0.1) is 0 Å². The zero-order valence-electron chi connectivity index (χ0n) is 7.91. The summed E-state index contributed by atoms with van der Waals surface area (Å²) in [6, 6.07) is 4.20. The van der Waals surface area contributed by atoms with Gasteiger partial charge in [-0.3, -0.25) is 14.8 Å². The van der Waals surface area contributed by atoms with Crippen LogP contribution in [0.1, 0.15) is 11.5 Å². The van der Waals surface area contributed by atoms with E-state index in [9.17, 15) is 9.59 Å². The predicted molar refractivity (Wildman–Crippen MR) is 58.3 cm³/mol. The number of hydroxylamine groups is 1. The zero-order chi connectivity index (χ0) is 12.3. The number of carbonyl (C=O) groups excluding carboxylic acids is 2. The normalized spacial score (nSPS) is 11.9. The molecule has 5 nitrogen and oxygen atoms in total. The summed E-state index contributed by atoms with van der Waals surface area (Å²) in [5.41, 5.74) is 6.67. The topological polar surface area (TPSA) is 92.4 Å². The average Bonchev–Trinajstić information content (AvgIpc) is 2.22. The molecule has 7 heteroatoms. The van der Waals surface area contributed by atoms with Crippen LogP contribution in [0.25, 0.3) is 0 Å². The van der Waals surface area contributed by atoms with Gasteiger partial charge in [-0.1, -0.05) is 29.3 Å². The first-order chi connectivity index (χ1) is 7.47. The van der Waals surface area contributed by atoms with Crippen molar-refractivity contribution in [1.29, 1.82) is 0 Å². The Kier molecular flexibility index (Phi) is 4.12. The van der Waals surface area contributed by atoms with Crippen LogP contribution in [-0.2, 0) is 9.59 Å². The van der Waals surface area contributed by atoms with Gasteiger partial charge in [0.05, 0.1) is 10.0 Å². The van der Waals surface area contributed by atoms with Gasteiger partial charge in [0, 0.05) is 0 Å². The summed E-state index contributed by atoms with van der Waals surface area (Å²) in [7, 11) is 0. The number of benzene rings is 1. The summed E-state index contributed by atoms with van der Waals surface area (Å²) in [5, 5.41) is 8.95. The highest BCUT2D eigenvalue weighted by atomic mass is 35.5. The van der Waals surface area contributed by atoms with Crippen molar-refractivity contribution in [3.63, 3.8) is 0 Å². The molecule has 0 fully saturated rings. The van der Waals surface area contributed by atoms with E-state index in [-0.39, 0.29) is 15.6 Å². The molecule has 0 aliphatic carbocycles. The van der Waals surface area contributed by atoms with Gasteiger partial charge in [0.15, 0.2) is 0 Å². The molecule has 0 heterocycles. The maximum atomic E-state index is 11.2. The summed E-state index contributed by atoms with van der Waals surface area (Å²) in [5.74, 6) is -3.13. The van der Waals surface area contributed by atoms with Gasteiger partial charge >= 0.3 is 0 Å². The number of carbonyl (C=O) groups is 2. The van der Waals surface area contributed by atoms with Crippen molar-refractivity contribution in [2.24, 2.45) is 5.73 Å². The lowest BCUT2D eigenvalue weighted by molar-refractivity contribution is -0.135. The fourth-order valence-corrected chi connectivity index (χ4v) is 1.51. The van der Waals surface area contributed by atoms with Crippen LogP contribution in [0.3, 0.4) is 0 Å². The Balaban J connectivity index is 3.16. The summed E-state index contributed by atoms with van der Waals surface area (Å²) < 4.78 is 0. The third-order valence-electron chi connectivity index (χ3n) is 1.93. The van der Waals surface area contributed by atoms with Crippen molar-refractivity contribution in [2.75, 3.05) is 0 Å². The highest BCUT2D eigenvalue weighted by molar-refractivity contribution is 6.42. The Labute approximate surface area is 101 Å². The summed E-state index contributed by atoms with van der Waals surface area (Å²) >= 11 is 11.4. The van der Waals surface area contributed by atoms with Gasteiger partial charge in [-0.2, -0.15) is 0 Å². The van der Waals surface area contributed by atoms with Crippen molar-refractivity contribution < 1.29 is 14.8 Å². The molecule has 0 radical (unpaired) electrons. The molecule has 0 saturated heterocycles. The second-order valence-electron chi connectivity index (χ2n) is 2.98. The van der Waals surface area contributed by atoms with Crippen molar-refractivity contribution in [3.05, 3.63) is 33.8 Å². The third-order valence-corrected chi connectivity index (χ3v) is 2.67. The van der Waals surface area contributed by atoms with Gasteiger partial charge in [0.2, 0.25) is 5.91 Å². The number of hydrogen-bond donors (Lipinski definition) is 3. The van der Waals surface area contributed by atoms with Crippen LogP contribution in [-0.4, -0.2) is 17.0 Å². The monoisotopic (exact) mass is 262 g/mol. The molecule has 0 aromatic heterocycles. The predicted octanol–water partition coefficient (Wildman–Crippen LogP) is 1.07. The van der Waals surface area contributed by atoms with Crippen LogP contribution in [0, 0.1) is 0 Å². The van der Waals surface area contributed by atoms with E-state index in [1.54, 1.807) is 0 Å². The zero-order valence-corrected chi connectivity index (χ0v) is 9.42. The van der Waals surface area contributed by atoms with Crippen molar-refractivity contribution in [1.82, 2.24) is 5.48 Å². The lowest BCUT2D eigenvalue weighted by Gasteiger charge is -2.11. The first-order valence-electron chi connectivity index (χ1n) is 4.15. The van der Waals surface area contributed by atoms with E-state index < -0.39 is 17.7 Å². The number of nitrogens with one attached hydrogen (secondary N) is 1. The largest absolute Gasteiger partial charge is 0.369 e. The minimum atomic E-state index is -1.31. The molecule has 2 amide bonds. The van der Waals surface area contributed by atoms with Crippen LogP contribution in [0.4, 0.5) is 0 Å². The van der Waals surface area contributed by atoms with Crippen LogP contribution >= 0.6 is 23.2 Å². The summed E-state index contributed by atoms with van der Waals surface area (Å²) in [6.07, 6.45) is 0. The van der Waals surface area contributed by atoms with Gasteiger partial charge in [-0.25, -0.2) is 5.48 Å². The molecule has 0 aliphatic heterocycles. The fourth-order valence-electron chi connectivity index (χ4n) is 1.20. The van der Waals surface area contributed by atoms with E-state index >= 15 is 0 Å². The minimum Gasteiger partial charge on any atom is -0.369 e. The molecule has 0 aliphatic rings. The van der Waals surface area contributed by atoms with E-state index in [1.807, 2.05) is 0 Å². The molecule has 4 N–H and O–H groups in total. The fraction of sp³-hybridized carbons (Fsp3) is 0.111. The molecule has 1 aromatic rings. The van der Waals surface area contributed by atoms with E-state index in [0.717, 1.165) is 0 Å². The quantitative estimate of drug-likeness (QED) is 0.432. The lowest BCUT2D eigenvalue weighted by Crippen LogP contribution is -2.35. The van der Waals surface area contributed by atoms with Gasteiger partial charge in [0.1, 0.15) is 5.92 Å². The maximum absolute atomic E-state index is 11.2. The minimum absolute atomic E-state index is 0.191. The number of nitrogens with two attached hydrogens (primary N) is 1. The Morgan fingerprint density at radius 2 is 1.94 bits per heavy atom. The molecule has 1 aromatic carbocycles. The average molecular weight is 263 g/mol. The van der Waals surface area contributed by atoms with Crippen LogP contribution < -0.4 is 11.2 Å². The summed E-state index contributed by atoms with van der Waals surface area (Å²) in [6.45, 7) is 0. The lowest BCUT2D eigenvalue weighted by atomic mass is 9.98. The second-order valence-corrected chi connectivity index (χ2v) is 3.80. The molecule has 1 rings (SSSR count). The first kappa shape index (κ1) is 12.8. The Bertz CT molecular complexity index is 437. The molecular weight excluding hydrogens is 255 g/mol. The van der Waals surface area contributed by atoms with Crippen LogP contribution in [0.5, 0.6) is 0 Å². The summed E-state index contributed by atoms with van der Waals surface area (Å²) in [4.78, 5) is 22.3. The molecule has 16 heavy (non-hydrogen) atoms. The number of amides is 2. The molecule has 86 valence electrons. The Morgan fingerprint density at radius 3 is 2.38 bits per heavy atom. The van der Waals surface area contributed by atoms with E-state index in [4.69, 9.17) is 34.1 Å². The molecule has 0 saturated carbocycles. The standard InChI is InChI=1S/C9H8Cl2N2O3/c10-5-2-1-4(3-6(5)11)7(8(12)14)9(15)13-16/h1-3,7,16H,(H2,12,14)(H,13,15). The first-order valence-corrected chi connectivity index (χ1v) is 4.91. The van der Waals surface area contributed by atoms with Gasteiger partial charge in [-0.05, 0) is 17.7 Å². The highest BCUT2D eigenvalue weighted by Crippen LogP contribution is 2.26. The number of primary amides is 1. The van der Waals surface area contributed by atoms with Crippen molar-refractivity contribution >= 4 is 35.0 Å². The van der Waals surface area contributed by atoms with E-state index in [0.29, 0.717) is 0 Å². The molecule has 0 bridgehead atoms. The highest BCUT2D eigenvalue weighted by Gasteiger charge is 2.26. The number of rotatable bonds is 3. The smallest absolute Gasteiger partial charge is 0.260 e. The van der Waals surface area contributed by atoms with E-state index in [2.05, 4.69) is 0 Å². The van der Waals surface area contributed by atoms with Crippen LogP contribution in [0.2, 0.25) is 10.0 Å². The van der Waals surface area contributed by atoms with Crippen molar-refractivity contribution in [3.8, 4) is 0 Å². The Hall–Kier alpha value is -1.30.